The summed E-state index contributed by atoms with van der Waals surface area (Å²) in [6.45, 7) is 0.163. The molecule has 5 nitrogen and oxygen atoms in total. The summed E-state index contributed by atoms with van der Waals surface area (Å²) in [7, 11) is 0. The number of anilines is 2. The molecule has 0 aromatic heterocycles. The maximum atomic E-state index is 12.2. The Morgan fingerprint density at radius 3 is 2.68 bits per heavy atom. The predicted octanol–water partition coefficient (Wildman–Crippen LogP) is 3.35. The molecule has 6 heteroatoms. The van der Waals surface area contributed by atoms with Crippen LogP contribution in [0.5, 0.6) is 0 Å². The lowest BCUT2D eigenvalue weighted by molar-refractivity contribution is -0.114. The van der Waals surface area contributed by atoms with Crippen molar-refractivity contribution in [2.45, 2.75) is 23.8 Å². The minimum atomic E-state index is -0.157. The van der Waals surface area contributed by atoms with E-state index in [-0.39, 0.29) is 18.4 Å². The fraction of sp³-hybridized carbons (Fsp3) is 0.263. The number of hydrogen-bond donors (Lipinski definition) is 3. The lowest BCUT2D eigenvalue weighted by atomic mass is 10.2. The Kier molecular flexibility index (Phi) is 5.60. The van der Waals surface area contributed by atoms with Crippen molar-refractivity contribution in [3.05, 3.63) is 54.1 Å². The van der Waals surface area contributed by atoms with Crippen LogP contribution in [0.3, 0.4) is 0 Å². The number of thioether (sulfide) groups is 1. The normalized spacial score (nSPS) is 13.2. The summed E-state index contributed by atoms with van der Waals surface area (Å²) in [4.78, 5) is 25.3. The second-order valence-corrected chi connectivity index (χ2v) is 6.78. The highest BCUT2D eigenvalue weighted by Gasteiger charge is 2.23. The summed E-state index contributed by atoms with van der Waals surface area (Å²) >= 11 is 1.63. The number of rotatable bonds is 7. The molecular weight excluding hydrogens is 334 g/mol. The Balaban J connectivity index is 1.56. The van der Waals surface area contributed by atoms with Gasteiger partial charge in [-0.1, -0.05) is 18.2 Å². The van der Waals surface area contributed by atoms with E-state index in [0.717, 1.165) is 23.4 Å². The zero-order chi connectivity index (χ0) is 17.6. The number of amides is 2. The average molecular weight is 355 g/mol. The molecule has 2 aromatic rings. The standard InChI is InChI=1S/C19H21N3O2S/c1-25-17-8-3-2-7-16(17)20-12-18(23)21-15-6-4-5-13(11-15)19(24)22-14-9-10-14/h2-8,11,14,20H,9-10,12H2,1H3,(H,21,23)(H,22,24). The lowest BCUT2D eigenvalue weighted by Crippen LogP contribution is -2.26. The fourth-order valence-corrected chi connectivity index (χ4v) is 2.98. The molecule has 3 N–H and O–H groups in total. The third kappa shape index (κ3) is 5.00. The molecule has 0 spiro atoms. The quantitative estimate of drug-likeness (QED) is 0.666. The van der Waals surface area contributed by atoms with Crippen molar-refractivity contribution in [1.29, 1.82) is 0 Å². The molecule has 2 aromatic carbocycles. The molecule has 1 aliphatic carbocycles. The van der Waals surface area contributed by atoms with Gasteiger partial charge in [0.25, 0.3) is 5.91 Å². The van der Waals surface area contributed by atoms with E-state index >= 15 is 0 Å². The van der Waals surface area contributed by atoms with Gasteiger partial charge in [0.15, 0.2) is 0 Å². The molecule has 1 aliphatic rings. The second kappa shape index (κ2) is 8.07. The third-order valence-electron chi connectivity index (χ3n) is 3.87. The van der Waals surface area contributed by atoms with Crippen LogP contribution in [-0.4, -0.2) is 30.7 Å². The van der Waals surface area contributed by atoms with Crippen molar-refractivity contribution in [2.24, 2.45) is 0 Å². The molecular formula is C19H21N3O2S. The molecule has 130 valence electrons. The molecule has 3 rings (SSSR count). The maximum Gasteiger partial charge on any atom is 0.251 e. The molecule has 1 saturated carbocycles. The average Bonchev–Trinajstić information content (AvgIpc) is 3.44. The van der Waals surface area contributed by atoms with Crippen LogP contribution in [0.2, 0.25) is 0 Å². The van der Waals surface area contributed by atoms with E-state index in [0.29, 0.717) is 17.3 Å². The largest absolute Gasteiger partial charge is 0.375 e. The SMILES string of the molecule is CSc1ccccc1NCC(=O)Nc1cccc(C(=O)NC2CC2)c1. The Morgan fingerprint density at radius 2 is 1.92 bits per heavy atom. The van der Waals surface area contributed by atoms with Crippen LogP contribution >= 0.6 is 11.8 Å². The highest BCUT2D eigenvalue weighted by atomic mass is 32.2. The maximum absolute atomic E-state index is 12.2. The lowest BCUT2D eigenvalue weighted by Gasteiger charge is -2.11. The topological polar surface area (TPSA) is 70.2 Å². The van der Waals surface area contributed by atoms with Crippen LogP contribution in [-0.2, 0) is 4.79 Å². The van der Waals surface area contributed by atoms with Crippen molar-refractivity contribution in [2.75, 3.05) is 23.4 Å². The van der Waals surface area contributed by atoms with Crippen LogP contribution in [0.4, 0.5) is 11.4 Å². The van der Waals surface area contributed by atoms with E-state index in [1.54, 1.807) is 36.0 Å². The van der Waals surface area contributed by atoms with Crippen molar-refractivity contribution in [3.8, 4) is 0 Å². The highest BCUT2D eigenvalue weighted by Crippen LogP contribution is 2.24. The number of benzene rings is 2. The van der Waals surface area contributed by atoms with Gasteiger partial charge >= 0.3 is 0 Å². The summed E-state index contributed by atoms with van der Waals surface area (Å²) in [5, 5.41) is 8.91. The van der Waals surface area contributed by atoms with Crippen LogP contribution in [0.15, 0.2) is 53.4 Å². The Labute approximate surface area is 151 Å². The van der Waals surface area contributed by atoms with Crippen LogP contribution in [0, 0.1) is 0 Å². The van der Waals surface area contributed by atoms with Gasteiger partial charge < -0.3 is 16.0 Å². The minimum absolute atomic E-state index is 0.0920. The fourth-order valence-electron chi connectivity index (χ4n) is 2.41. The van der Waals surface area contributed by atoms with Crippen LogP contribution in [0.1, 0.15) is 23.2 Å². The van der Waals surface area contributed by atoms with Gasteiger partial charge in [-0.05, 0) is 49.4 Å². The first-order valence-electron chi connectivity index (χ1n) is 8.23. The minimum Gasteiger partial charge on any atom is -0.375 e. The molecule has 0 unspecified atom stereocenters. The van der Waals surface area contributed by atoms with Crippen LogP contribution in [0.25, 0.3) is 0 Å². The summed E-state index contributed by atoms with van der Waals surface area (Å²) < 4.78 is 0. The number of carbonyl (C=O) groups is 2. The molecule has 25 heavy (non-hydrogen) atoms. The molecule has 2 amide bonds. The first-order chi connectivity index (χ1) is 12.2. The molecule has 0 bridgehead atoms. The van der Waals surface area contributed by atoms with E-state index in [9.17, 15) is 9.59 Å². The first-order valence-corrected chi connectivity index (χ1v) is 9.46. The van der Waals surface area contributed by atoms with E-state index in [1.807, 2.05) is 30.5 Å². The highest BCUT2D eigenvalue weighted by molar-refractivity contribution is 7.98. The van der Waals surface area contributed by atoms with Gasteiger partial charge in [0.1, 0.15) is 0 Å². The van der Waals surface area contributed by atoms with E-state index in [4.69, 9.17) is 0 Å². The van der Waals surface area contributed by atoms with E-state index in [1.165, 1.54) is 0 Å². The van der Waals surface area contributed by atoms with Crippen LogP contribution < -0.4 is 16.0 Å². The molecule has 1 fully saturated rings. The zero-order valence-corrected chi connectivity index (χ0v) is 14.9. The molecule has 0 aliphatic heterocycles. The number of para-hydroxylation sites is 1. The Bertz CT molecular complexity index is 775. The van der Waals surface area contributed by atoms with E-state index in [2.05, 4.69) is 16.0 Å². The summed E-state index contributed by atoms with van der Waals surface area (Å²) in [5.74, 6) is -0.249. The van der Waals surface area contributed by atoms with Crippen molar-refractivity contribution < 1.29 is 9.59 Å². The molecule has 0 saturated heterocycles. The van der Waals surface area contributed by atoms with Gasteiger partial charge in [0.05, 0.1) is 6.54 Å². The smallest absolute Gasteiger partial charge is 0.251 e. The first kappa shape index (κ1) is 17.4. The number of hydrogen-bond acceptors (Lipinski definition) is 4. The van der Waals surface area contributed by atoms with Gasteiger partial charge in [-0.3, -0.25) is 9.59 Å². The van der Waals surface area contributed by atoms with Crippen molar-refractivity contribution >= 4 is 35.0 Å². The second-order valence-electron chi connectivity index (χ2n) is 5.93. The summed E-state index contributed by atoms with van der Waals surface area (Å²) in [6, 6.07) is 15.2. The molecule has 0 atom stereocenters. The van der Waals surface area contributed by atoms with Gasteiger partial charge in [-0.2, -0.15) is 0 Å². The summed E-state index contributed by atoms with van der Waals surface area (Å²) in [6.07, 6.45) is 4.09. The monoisotopic (exact) mass is 355 g/mol. The number of carbonyl (C=O) groups excluding carboxylic acids is 2. The van der Waals surface area contributed by atoms with Crippen molar-refractivity contribution in [3.63, 3.8) is 0 Å². The van der Waals surface area contributed by atoms with Gasteiger partial charge in [-0.25, -0.2) is 0 Å². The van der Waals surface area contributed by atoms with E-state index < -0.39 is 0 Å². The molecule has 0 heterocycles. The Morgan fingerprint density at radius 1 is 1.12 bits per heavy atom. The van der Waals surface area contributed by atoms with Gasteiger partial charge in [0, 0.05) is 27.9 Å². The predicted molar refractivity (Wildman–Crippen MR) is 102 cm³/mol. The zero-order valence-electron chi connectivity index (χ0n) is 14.0. The Hall–Kier alpha value is -2.47. The van der Waals surface area contributed by atoms with Gasteiger partial charge in [0.2, 0.25) is 5.91 Å². The number of nitrogens with one attached hydrogen (secondary N) is 3. The van der Waals surface area contributed by atoms with Gasteiger partial charge in [-0.15, -0.1) is 11.8 Å². The molecule has 0 radical (unpaired) electrons. The third-order valence-corrected chi connectivity index (χ3v) is 4.66. The summed E-state index contributed by atoms with van der Waals surface area (Å²) in [5.41, 5.74) is 2.11. The van der Waals surface area contributed by atoms with Crippen molar-refractivity contribution in [1.82, 2.24) is 5.32 Å².